The van der Waals surface area contributed by atoms with Crippen LogP contribution in [-0.2, 0) is 0 Å². The zero-order valence-electron chi connectivity index (χ0n) is 32.7. The molecule has 0 aliphatic carbocycles. The minimum absolute atomic E-state index is 0.621. The number of furan rings is 1. The van der Waals surface area contributed by atoms with Crippen molar-refractivity contribution in [3.8, 4) is 45.5 Å². The Morgan fingerprint density at radius 2 is 0.902 bits per heavy atom. The molecule has 0 aliphatic rings. The minimum atomic E-state index is 0.621. The lowest BCUT2D eigenvalue weighted by molar-refractivity contribution is 0.673. The largest absolute Gasteiger partial charge is 0.455 e. The Balaban J connectivity index is 1.10. The lowest BCUT2D eigenvalue weighted by Gasteiger charge is -2.16. The first-order valence-corrected chi connectivity index (χ1v) is 20.5. The van der Waals surface area contributed by atoms with E-state index in [9.17, 15) is 0 Å². The van der Waals surface area contributed by atoms with Crippen molar-refractivity contribution >= 4 is 76.3 Å². The van der Waals surface area contributed by atoms with Crippen LogP contribution in [0.5, 0.6) is 0 Å². The van der Waals surface area contributed by atoms with Crippen molar-refractivity contribution in [2.75, 3.05) is 0 Å². The maximum Gasteiger partial charge on any atom is 0.164 e. The summed E-state index contributed by atoms with van der Waals surface area (Å²) >= 11 is 0. The average Bonchev–Trinajstić information content (AvgIpc) is 3.99. The van der Waals surface area contributed by atoms with E-state index in [1.165, 1.54) is 21.8 Å². The first kappa shape index (κ1) is 33.6. The van der Waals surface area contributed by atoms with Crippen LogP contribution in [0.2, 0.25) is 0 Å². The molecule has 0 spiro atoms. The Hall–Kier alpha value is -8.35. The standard InChI is InChI=1S/C55H33N5O/c1-3-15-34(16-4-1)53-56-54(35-17-5-2-6-18-35)58-55(57-53)43-30-31-47(38-20-8-7-19-37(38)43)60-48-32-29-42-41-23-11-14-26-50(41)61-52(42)51(48)44-28-27-36(33-49(44)60)59-45-24-12-9-21-39(45)40-22-10-13-25-46(40)59/h1-33H. The normalized spacial score (nSPS) is 11.9. The second-order valence-corrected chi connectivity index (χ2v) is 15.6. The van der Waals surface area contributed by atoms with E-state index in [4.69, 9.17) is 19.4 Å². The lowest BCUT2D eigenvalue weighted by Crippen LogP contribution is -2.02. The Morgan fingerprint density at radius 1 is 0.344 bits per heavy atom. The molecule has 284 valence electrons. The molecule has 0 fully saturated rings. The number of rotatable bonds is 5. The van der Waals surface area contributed by atoms with E-state index in [1.54, 1.807) is 0 Å². The fourth-order valence-corrected chi connectivity index (χ4v) is 9.47. The Kier molecular flexibility index (Phi) is 7.21. The first-order chi connectivity index (χ1) is 30.3. The molecule has 6 heteroatoms. The molecular weight excluding hydrogens is 747 g/mol. The molecule has 0 N–H and O–H groups in total. The molecule has 0 saturated carbocycles. The van der Waals surface area contributed by atoms with Crippen molar-refractivity contribution in [1.82, 2.24) is 24.1 Å². The van der Waals surface area contributed by atoms with Crippen LogP contribution in [0.4, 0.5) is 0 Å². The third-order valence-electron chi connectivity index (χ3n) is 12.2. The predicted molar refractivity (Wildman–Crippen MR) is 250 cm³/mol. The van der Waals surface area contributed by atoms with Gasteiger partial charge < -0.3 is 13.6 Å². The average molecular weight is 780 g/mol. The number of fused-ring (bicyclic) bond motifs is 11. The second kappa shape index (κ2) is 13.1. The van der Waals surface area contributed by atoms with Gasteiger partial charge in [-0.15, -0.1) is 0 Å². The number of benzene rings is 9. The molecule has 0 aliphatic heterocycles. The minimum Gasteiger partial charge on any atom is -0.455 e. The maximum absolute atomic E-state index is 6.76. The van der Waals surface area contributed by atoms with Gasteiger partial charge in [0.25, 0.3) is 0 Å². The van der Waals surface area contributed by atoms with Crippen LogP contribution in [0.15, 0.2) is 205 Å². The van der Waals surface area contributed by atoms with Crippen molar-refractivity contribution < 1.29 is 4.42 Å². The zero-order valence-corrected chi connectivity index (χ0v) is 32.7. The van der Waals surface area contributed by atoms with Crippen LogP contribution in [0.25, 0.3) is 122 Å². The molecule has 9 aromatic carbocycles. The molecule has 61 heavy (non-hydrogen) atoms. The third kappa shape index (κ3) is 5.06. The third-order valence-corrected chi connectivity index (χ3v) is 12.2. The first-order valence-electron chi connectivity index (χ1n) is 20.5. The summed E-state index contributed by atoms with van der Waals surface area (Å²) in [6, 6.07) is 70.3. The smallest absolute Gasteiger partial charge is 0.164 e. The fourth-order valence-electron chi connectivity index (χ4n) is 9.47. The van der Waals surface area contributed by atoms with Gasteiger partial charge in [0.2, 0.25) is 0 Å². The summed E-state index contributed by atoms with van der Waals surface area (Å²) in [6.45, 7) is 0. The van der Waals surface area contributed by atoms with Gasteiger partial charge in [0.05, 0.1) is 33.1 Å². The summed E-state index contributed by atoms with van der Waals surface area (Å²) < 4.78 is 11.6. The predicted octanol–water partition coefficient (Wildman–Crippen LogP) is 14.1. The van der Waals surface area contributed by atoms with Crippen molar-refractivity contribution in [2.45, 2.75) is 0 Å². The monoisotopic (exact) mass is 779 g/mol. The molecule has 0 atom stereocenters. The molecular formula is C55H33N5O. The highest BCUT2D eigenvalue weighted by Gasteiger charge is 2.23. The molecule has 0 unspecified atom stereocenters. The molecule has 13 aromatic rings. The van der Waals surface area contributed by atoms with Crippen LogP contribution >= 0.6 is 0 Å². The molecule has 4 heterocycles. The SMILES string of the molecule is c1ccc(-c2nc(-c3ccccc3)nc(-c3ccc(-n4c5cc(-n6c7ccccc7c7ccccc76)ccc5c5c6oc7ccccc7c6ccc54)c4ccccc34)n2)cc1. The van der Waals surface area contributed by atoms with Crippen LogP contribution in [0, 0.1) is 0 Å². The van der Waals surface area contributed by atoms with Gasteiger partial charge in [-0.05, 0) is 66.0 Å². The number of hydrogen-bond donors (Lipinski definition) is 0. The highest BCUT2D eigenvalue weighted by Crippen LogP contribution is 2.44. The summed E-state index contributed by atoms with van der Waals surface area (Å²) in [5.74, 6) is 1.88. The van der Waals surface area contributed by atoms with E-state index in [0.717, 1.165) is 82.6 Å². The van der Waals surface area contributed by atoms with Crippen LogP contribution in [0.1, 0.15) is 0 Å². The number of para-hydroxylation sites is 3. The number of hydrogen-bond acceptors (Lipinski definition) is 4. The molecule has 0 radical (unpaired) electrons. The maximum atomic E-state index is 6.76. The van der Waals surface area contributed by atoms with E-state index in [1.807, 2.05) is 66.7 Å². The quantitative estimate of drug-likeness (QED) is 0.175. The summed E-state index contributed by atoms with van der Waals surface area (Å²) in [5, 5.41) is 9.00. The molecule has 6 nitrogen and oxygen atoms in total. The van der Waals surface area contributed by atoms with Crippen LogP contribution in [0.3, 0.4) is 0 Å². The second-order valence-electron chi connectivity index (χ2n) is 15.6. The molecule has 0 bridgehead atoms. The molecule has 0 saturated heterocycles. The van der Waals surface area contributed by atoms with Gasteiger partial charge in [0, 0.05) is 54.7 Å². The highest BCUT2D eigenvalue weighted by molar-refractivity contribution is 6.24. The summed E-state index contributed by atoms with van der Waals surface area (Å²) in [5.41, 5.74) is 11.2. The van der Waals surface area contributed by atoms with Gasteiger partial charge in [-0.1, -0.05) is 140 Å². The van der Waals surface area contributed by atoms with Gasteiger partial charge >= 0.3 is 0 Å². The molecule has 0 amide bonds. The van der Waals surface area contributed by atoms with E-state index in [2.05, 4.69) is 143 Å². The van der Waals surface area contributed by atoms with E-state index >= 15 is 0 Å². The van der Waals surface area contributed by atoms with Crippen molar-refractivity contribution in [1.29, 1.82) is 0 Å². The summed E-state index contributed by atoms with van der Waals surface area (Å²) in [4.78, 5) is 15.3. The van der Waals surface area contributed by atoms with E-state index < -0.39 is 0 Å². The van der Waals surface area contributed by atoms with Crippen molar-refractivity contribution in [3.63, 3.8) is 0 Å². The summed E-state index contributed by atoms with van der Waals surface area (Å²) in [6.07, 6.45) is 0. The molecule has 13 rings (SSSR count). The van der Waals surface area contributed by atoms with Gasteiger partial charge in [0.15, 0.2) is 17.5 Å². The van der Waals surface area contributed by atoms with Gasteiger partial charge in [0.1, 0.15) is 11.2 Å². The van der Waals surface area contributed by atoms with Gasteiger partial charge in [-0.3, -0.25) is 0 Å². The lowest BCUT2D eigenvalue weighted by atomic mass is 10.0. The Bertz CT molecular complexity index is 3770. The van der Waals surface area contributed by atoms with Crippen LogP contribution in [-0.4, -0.2) is 24.1 Å². The van der Waals surface area contributed by atoms with Gasteiger partial charge in [-0.25, -0.2) is 15.0 Å². The number of nitrogens with zero attached hydrogens (tertiary/aromatic N) is 5. The van der Waals surface area contributed by atoms with Crippen LogP contribution < -0.4 is 0 Å². The summed E-state index contributed by atoms with van der Waals surface area (Å²) in [7, 11) is 0. The number of aromatic nitrogens is 5. The van der Waals surface area contributed by atoms with E-state index in [-0.39, 0.29) is 0 Å². The Morgan fingerprint density at radius 3 is 1.59 bits per heavy atom. The van der Waals surface area contributed by atoms with Gasteiger partial charge in [-0.2, -0.15) is 0 Å². The van der Waals surface area contributed by atoms with Crippen molar-refractivity contribution in [2.24, 2.45) is 0 Å². The molecule has 4 aromatic heterocycles. The topological polar surface area (TPSA) is 61.7 Å². The highest BCUT2D eigenvalue weighted by atomic mass is 16.3. The Labute approximate surface area is 349 Å². The fraction of sp³-hybridized carbons (Fsp3) is 0. The van der Waals surface area contributed by atoms with Crippen molar-refractivity contribution in [3.05, 3.63) is 200 Å². The van der Waals surface area contributed by atoms with E-state index in [0.29, 0.717) is 17.5 Å². The zero-order chi connectivity index (χ0) is 40.0.